The van der Waals surface area contributed by atoms with E-state index in [1.165, 1.54) is 0 Å². The molecule has 0 spiro atoms. The van der Waals surface area contributed by atoms with Crippen molar-refractivity contribution < 1.29 is 4.74 Å². The Morgan fingerprint density at radius 3 is 2.91 bits per heavy atom. The van der Waals surface area contributed by atoms with E-state index in [0.29, 0.717) is 23.4 Å². The molecule has 0 aliphatic heterocycles. The Morgan fingerprint density at radius 2 is 2.13 bits per heavy atom. The van der Waals surface area contributed by atoms with E-state index in [-0.39, 0.29) is 0 Å². The summed E-state index contributed by atoms with van der Waals surface area (Å²) < 4.78 is 7.11. The Morgan fingerprint density at radius 1 is 1.26 bits per heavy atom. The zero-order valence-corrected chi connectivity index (χ0v) is 13.6. The Labute approximate surface area is 138 Å². The maximum atomic E-state index is 6.02. The molecule has 0 bridgehead atoms. The summed E-state index contributed by atoms with van der Waals surface area (Å²) >= 11 is 6.02. The lowest BCUT2D eigenvalue weighted by molar-refractivity contribution is 0.294. The molecule has 0 saturated heterocycles. The van der Waals surface area contributed by atoms with Gasteiger partial charge in [0.25, 0.3) is 5.78 Å². The highest BCUT2D eigenvalue weighted by molar-refractivity contribution is 6.30. The third kappa shape index (κ3) is 3.69. The van der Waals surface area contributed by atoms with Gasteiger partial charge in [-0.2, -0.15) is 9.50 Å². The number of aromatic nitrogens is 4. The summed E-state index contributed by atoms with van der Waals surface area (Å²) in [5.41, 5.74) is 1.69. The number of ether oxygens (including phenoxy) is 1. The van der Waals surface area contributed by atoms with Crippen molar-refractivity contribution in [2.24, 2.45) is 0 Å². The summed E-state index contributed by atoms with van der Waals surface area (Å²) in [4.78, 5) is 8.66. The number of hydrogen-bond donors (Lipinski definition) is 2. The zero-order chi connectivity index (χ0) is 16.2. The molecule has 3 rings (SSSR count). The topological polar surface area (TPSA) is 76.4 Å². The van der Waals surface area contributed by atoms with E-state index >= 15 is 0 Å². The summed E-state index contributed by atoms with van der Waals surface area (Å²) in [7, 11) is 1.86. The Balaban J connectivity index is 1.92. The normalized spacial score (nSPS) is 10.9. The summed E-state index contributed by atoms with van der Waals surface area (Å²) in [6, 6.07) is 9.65. The van der Waals surface area contributed by atoms with Crippen molar-refractivity contribution in [1.29, 1.82) is 0 Å². The molecule has 0 aliphatic carbocycles. The molecule has 0 fully saturated rings. The van der Waals surface area contributed by atoms with Crippen molar-refractivity contribution in [1.82, 2.24) is 24.9 Å². The molecule has 0 unspecified atom stereocenters. The molecule has 0 radical (unpaired) electrons. The number of nitrogens with zero attached hydrogens (tertiary/aromatic N) is 4. The molecule has 0 amide bonds. The Bertz CT molecular complexity index is 819. The van der Waals surface area contributed by atoms with Gasteiger partial charge < -0.3 is 15.4 Å². The van der Waals surface area contributed by atoms with Crippen LogP contribution < -0.4 is 15.4 Å². The fourth-order valence-corrected chi connectivity index (χ4v) is 2.27. The van der Waals surface area contributed by atoms with Crippen LogP contribution in [0.15, 0.2) is 30.3 Å². The molecular formula is C15H17ClN6O. The van der Waals surface area contributed by atoms with E-state index in [0.717, 1.165) is 23.7 Å². The van der Waals surface area contributed by atoms with Gasteiger partial charge >= 0.3 is 6.01 Å². The average Bonchev–Trinajstić information content (AvgIpc) is 2.90. The lowest BCUT2D eigenvalue weighted by atomic mass is 10.3. The van der Waals surface area contributed by atoms with Crippen LogP contribution in [0.25, 0.3) is 5.78 Å². The zero-order valence-electron chi connectivity index (χ0n) is 12.9. The van der Waals surface area contributed by atoms with Crippen LogP contribution in [0.3, 0.4) is 0 Å². The first-order valence-electron chi connectivity index (χ1n) is 7.20. The molecular weight excluding hydrogens is 316 g/mol. The minimum absolute atomic E-state index is 0.299. The number of nitrogens with one attached hydrogen (secondary N) is 2. The summed E-state index contributed by atoms with van der Waals surface area (Å²) in [5.74, 6) is 1.22. The highest BCUT2D eigenvalue weighted by Crippen LogP contribution is 2.21. The molecule has 0 aliphatic rings. The van der Waals surface area contributed by atoms with Crippen molar-refractivity contribution in [3.8, 4) is 6.01 Å². The lowest BCUT2D eigenvalue weighted by Crippen LogP contribution is -2.16. The predicted octanol–water partition coefficient (Wildman–Crippen LogP) is 2.43. The van der Waals surface area contributed by atoms with Gasteiger partial charge in [0.2, 0.25) is 0 Å². The van der Waals surface area contributed by atoms with E-state index in [1.807, 2.05) is 44.3 Å². The molecule has 8 heteroatoms. The van der Waals surface area contributed by atoms with Crippen LogP contribution in [-0.4, -0.2) is 39.8 Å². The largest absolute Gasteiger partial charge is 0.461 e. The van der Waals surface area contributed by atoms with Crippen molar-refractivity contribution in [2.75, 3.05) is 25.5 Å². The lowest BCUT2D eigenvalue weighted by Gasteiger charge is -2.08. The third-order valence-corrected chi connectivity index (χ3v) is 3.34. The molecule has 0 atom stereocenters. The molecule has 7 nitrogen and oxygen atoms in total. The van der Waals surface area contributed by atoms with Gasteiger partial charge in [-0.25, -0.2) is 4.98 Å². The second-order valence-corrected chi connectivity index (χ2v) is 5.41. The van der Waals surface area contributed by atoms with Crippen LogP contribution in [0.4, 0.5) is 11.5 Å². The molecule has 2 heterocycles. The molecule has 3 aromatic rings. The van der Waals surface area contributed by atoms with Gasteiger partial charge in [0.15, 0.2) is 0 Å². The van der Waals surface area contributed by atoms with Gasteiger partial charge in [-0.15, -0.1) is 5.10 Å². The van der Waals surface area contributed by atoms with E-state index < -0.39 is 0 Å². The fraction of sp³-hybridized carbons (Fsp3) is 0.267. The average molecular weight is 333 g/mol. The van der Waals surface area contributed by atoms with Crippen LogP contribution >= 0.6 is 11.6 Å². The molecule has 0 saturated carbocycles. The first-order valence-corrected chi connectivity index (χ1v) is 7.58. The predicted molar refractivity (Wildman–Crippen MR) is 89.7 cm³/mol. The number of aryl methyl sites for hydroxylation is 1. The summed E-state index contributed by atoms with van der Waals surface area (Å²) in [6.07, 6.45) is 0. The standard InChI is InChI=1S/C15H17ClN6O/c1-10-8-13(19-12-5-3-4-11(16)9-12)22-14(18-10)20-15(21-22)23-7-6-17-2/h3-5,8-9,17,19H,6-7H2,1-2H3. The molecule has 1 aromatic carbocycles. The van der Waals surface area contributed by atoms with Gasteiger partial charge in [-0.05, 0) is 32.2 Å². The second-order valence-electron chi connectivity index (χ2n) is 4.98. The maximum Gasteiger partial charge on any atom is 0.337 e. The highest BCUT2D eigenvalue weighted by atomic mass is 35.5. The molecule has 23 heavy (non-hydrogen) atoms. The molecule has 2 N–H and O–H groups in total. The Hall–Kier alpha value is -2.38. The smallest absolute Gasteiger partial charge is 0.337 e. The number of benzene rings is 1. The fourth-order valence-electron chi connectivity index (χ4n) is 2.08. The number of fused-ring (bicyclic) bond motifs is 1. The first kappa shape index (κ1) is 15.5. The van der Waals surface area contributed by atoms with Crippen molar-refractivity contribution in [2.45, 2.75) is 6.92 Å². The maximum absolute atomic E-state index is 6.02. The van der Waals surface area contributed by atoms with E-state index in [4.69, 9.17) is 16.3 Å². The number of halogens is 1. The monoisotopic (exact) mass is 332 g/mol. The molecule has 120 valence electrons. The van der Waals surface area contributed by atoms with E-state index in [1.54, 1.807) is 4.52 Å². The van der Waals surface area contributed by atoms with E-state index in [9.17, 15) is 0 Å². The number of hydrogen-bond acceptors (Lipinski definition) is 6. The summed E-state index contributed by atoms with van der Waals surface area (Å²) in [5, 5.41) is 11.3. The van der Waals surface area contributed by atoms with Gasteiger partial charge in [-0.1, -0.05) is 17.7 Å². The van der Waals surface area contributed by atoms with Crippen molar-refractivity contribution in [3.63, 3.8) is 0 Å². The summed E-state index contributed by atoms with van der Waals surface area (Å²) in [6.45, 7) is 3.11. The second kappa shape index (κ2) is 6.80. The number of likely N-dealkylation sites (N-methyl/N-ethyl adjacent to an activating group) is 1. The first-order chi connectivity index (χ1) is 11.2. The Kier molecular flexibility index (Phi) is 4.59. The number of rotatable bonds is 6. The minimum Gasteiger partial charge on any atom is -0.461 e. The SMILES string of the molecule is CNCCOc1nc2nc(C)cc(Nc3cccc(Cl)c3)n2n1. The van der Waals surface area contributed by atoms with Crippen LogP contribution in [-0.2, 0) is 0 Å². The van der Waals surface area contributed by atoms with Crippen LogP contribution in [0.1, 0.15) is 5.69 Å². The van der Waals surface area contributed by atoms with Gasteiger partial charge in [-0.3, -0.25) is 0 Å². The van der Waals surface area contributed by atoms with Gasteiger partial charge in [0.1, 0.15) is 12.4 Å². The third-order valence-electron chi connectivity index (χ3n) is 3.10. The minimum atomic E-state index is 0.299. The quantitative estimate of drug-likeness (QED) is 0.675. The molecule has 2 aromatic heterocycles. The highest BCUT2D eigenvalue weighted by Gasteiger charge is 2.11. The van der Waals surface area contributed by atoms with Gasteiger partial charge in [0, 0.05) is 29.0 Å². The van der Waals surface area contributed by atoms with E-state index in [2.05, 4.69) is 25.7 Å². The van der Waals surface area contributed by atoms with Crippen LogP contribution in [0, 0.1) is 6.92 Å². The van der Waals surface area contributed by atoms with Crippen molar-refractivity contribution in [3.05, 3.63) is 41.0 Å². The van der Waals surface area contributed by atoms with Gasteiger partial charge in [0.05, 0.1) is 0 Å². The number of anilines is 2. The van der Waals surface area contributed by atoms with Crippen LogP contribution in [0.2, 0.25) is 5.02 Å². The van der Waals surface area contributed by atoms with Crippen molar-refractivity contribution >= 4 is 28.9 Å². The van der Waals surface area contributed by atoms with Crippen LogP contribution in [0.5, 0.6) is 6.01 Å².